The van der Waals surface area contributed by atoms with Crippen LogP contribution in [0.25, 0.3) is 0 Å². The van der Waals surface area contributed by atoms with E-state index in [1.807, 2.05) is 18.2 Å². The zero-order chi connectivity index (χ0) is 15.7. The molecule has 4 heteroatoms. The van der Waals surface area contributed by atoms with Crippen LogP contribution >= 0.6 is 0 Å². The summed E-state index contributed by atoms with van der Waals surface area (Å²) in [5, 5.41) is 19.9. The van der Waals surface area contributed by atoms with Crippen molar-refractivity contribution < 1.29 is 14.9 Å². The van der Waals surface area contributed by atoms with E-state index in [1.165, 1.54) is 11.6 Å². The molecule has 3 rings (SSSR count). The van der Waals surface area contributed by atoms with Gasteiger partial charge in [0.2, 0.25) is 0 Å². The van der Waals surface area contributed by atoms with Crippen molar-refractivity contribution in [1.29, 1.82) is 0 Å². The van der Waals surface area contributed by atoms with Gasteiger partial charge in [0.25, 0.3) is 0 Å². The summed E-state index contributed by atoms with van der Waals surface area (Å²) in [5.41, 5.74) is 8.64. The molecule has 3 atom stereocenters. The third kappa shape index (κ3) is 2.56. The van der Waals surface area contributed by atoms with Crippen LogP contribution in [0.15, 0.2) is 42.5 Å². The Balaban J connectivity index is 1.95. The topological polar surface area (TPSA) is 75.7 Å². The molecule has 4 nitrogen and oxygen atoms in total. The van der Waals surface area contributed by atoms with Gasteiger partial charge < -0.3 is 20.7 Å². The molecule has 1 aliphatic rings. The predicted octanol–water partition coefficient (Wildman–Crippen LogP) is 2.84. The maximum absolute atomic E-state index is 10.2. The minimum absolute atomic E-state index is 0.0514. The summed E-state index contributed by atoms with van der Waals surface area (Å²) in [6, 6.07) is 13.4. The van der Waals surface area contributed by atoms with Gasteiger partial charge in [-0.15, -0.1) is 0 Å². The van der Waals surface area contributed by atoms with E-state index < -0.39 is 0 Å². The molecule has 1 heterocycles. The van der Waals surface area contributed by atoms with Crippen LogP contribution in [0.3, 0.4) is 0 Å². The van der Waals surface area contributed by atoms with Crippen LogP contribution < -0.4 is 5.73 Å². The maximum Gasteiger partial charge on any atom is 0.161 e. The number of nitrogens with two attached hydrogens (primary N) is 1. The van der Waals surface area contributed by atoms with E-state index >= 15 is 0 Å². The molecule has 116 valence electrons. The van der Waals surface area contributed by atoms with Crippen LogP contribution in [-0.4, -0.2) is 22.9 Å². The largest absolute Gasteiger partial charge is 0.504 e. The molecule has 0 bridgehead atoms. The summed E-state index contributed by atoms with van der Waals surface area (Å²) in [6.45, 7) is 2.45. The van der Waals surface area contributed by atoms with Crippen molar-refractivity contribution in [2.75, 3.05) is 6.54 Å². The summed E-state index contributed by atoms with van der Waals surface area (Å²) >= 11 is 0. The van der Waals surface area contributed by atoms with Gasteiger partial charge in [-0.1, -0.05) is 43.3 Å². The average molecular weight is 299 g/mol. The Bertz CT molecular complexity index is 657. The van der Waals surface area contributed by atoms with Crippen molar-refractivity contribution in [1.82, 2.24) is 0 Å². The number of benzene rings is 2. The van der Waals surface area contributed by atoms with Gasteiger partial charge in [0, 0.05) is 24.4 Å². The first kappa shape index (κ1) is 14.9. The molecular weight excluding hydrogens is 278 g/mol. The van der Waals surface area contributed by atoms with Crippen molar-refractivity contribution >= 4 is 0 Å². The summed E-state index contributed by atoms with van der Waals surface area (Å²) in [5.74, 6) is 0.0252. The number of phenols is 2. The lowest BCUT2D eigenvalue weighted by molar-refractivity contribution is -0.0327. The number of ether oxygens (including phenoxy) is 1. The zero-order valence-corrected chi connectivity index (χ0v) is 12.6. The van der Waals surface area contributed by atoms with Crippen LogP contribution in [0, 0.1) is 0 Å². The van der Waals surface area contributed by atoms with Crippen LogP contribution in [-0.2, 0) is 11.2 Å². The lowest BCUT2D eigenvalue weighted by Gasteiger charge is -2.35. The second-order valence-electron chi connectivity index (χ2n) is 5.80. The molecule has 0 fully saturated rings. The van der Waals surface area contributed by atoms with Gasteiger partial charge in [0.05, 0.1) is 12.2 Å². The van der Waals surface area contributed by atoms with Crippen molar-refractivity contribution in [3.05, 3.63) is 59.2 Å². The number of fused-ring (bicyclic) bond motifs is 1. The van der Waals surface area contributed by atoms with Crippen molar-refractivity contribution in [3.63, 3.8) is 0 Å². The van der Waals surface area contributed by atoms with Crippen molar-refractivity contribution in [3.8, 4) is 11.5 Å². The van der Waals surface area contributed by atoms with Crippen LogP contribution in [0.1, 0.15) is 35.6 Å². The van der Waals surface area contributed by atoms with Gasteiger partial charge in [-0.2, -0.15) is 0 Å². The standard InChI is InChI=1S/C18H21NO3/c1-11(12-5-3-2-4-6-12)16-9-14-13(17(10-19)22-16)7-8-15(20)18(14)21/h2-8,11,16-17,20-21H,9-10,19H2,1H3. The number of aromatic hydroxyl groups is 2. The maximum atomic E-state index is 10.2. The first-order valence-corrected chi connectivity index (χ1v) is 7.56. The monoisotopic (exact) mass is 299 g/mol. The van der Waals surface area contributed by atoms with E-state index in [0.29, 0.717) is 13.0 Å². The van der Waals surface area contributed by atoms with Gasteiger partial charge >= 0.3 is 0 Å². The van der Waals surface area contributed by atoms with Crippen molar-refractivity contribution in [2.45, 2.75) is 31.5 Å². The second-order valence-corrected chi connectivity index (χ2v) is 5.80. The first-order chi connectivity index (χ1) is 10.6. The smallest absolute Gasteiger partial charge is 0.161 e. The molecule has 0 aliphatic carbocycles. The van der Waals surface area contributed by atoms with E-state index in [4.69, 9.17) is 10.5 Å². The molecule has 3 unspecified atom stereocenters. The summed E-state index contributed by atoms with van der Waals surface area (Å²) in [4.78, 5) is 0. The molecule has 0 amide bonds. The van der Waals surface area contributed by atoms with Gasteiger partial charge in [0.1, 0.15) is 0 Å². The first-order valence-electron chi connectivity index (χ1n) is 7.56. The Morgan fingerprint density at radius 2 is 1.91 bits per heavy atom. The SMILES string of the molecule is CC(c1ccccc1)C1Cc2c(ccc(O)c2O)C(CN)O1. The Labute approximate surface area is 130 Å². The fraction of sp³-hybridized carbons (Fsp3) is 0.333. The Hall–Kier alpha value is -2.04. The van der Waals surface area contributed by atoms with Crippen molar-refractivity contribution in [2.24, 2.45) is 5.73 Å². The normalized spacial score (nSPS) is 22.1. The highest BCUT2D eigenvalue weighted by molar-refractivity contribution is 5.51. The third-order valence-corrected chi connectivity index (χ3v) is 4.49. The Kier molecular flexibility index (Phi) is 4.05. The predicted molar refractivity (Wildman–Crippen MR) is 85.0 cm³/mol. The zero-order valence-electron chi connectivity index (χ0n) is 12.6. The van der Waals surface area contributed by atoms with E-state index in [2.05, 4.69) is 19.1 Å². The Morgan fingerprint density at radius 1 is 1.18 bits per heavy atom. The quantitative estimate of drug-likeness (QED) is 0.762. The molecule has 0 saturated carbocycles. The lowest BCUT2D eigenvalue weighted by atomic mass is 9.85. The van der Waals surface area contributed by atoms with Crippen LogP contribution in [0.2, 0.25) is 0 Å². The molecule has 0 aromatic heterocycles. The van der Waals surface area contributed by atoms with Gasteiger partial charge in [-0.3, -0.25) is 0 Å². The van der Waals surface area contributed by atoms with E-state index in [9.17, 15) is 10.2 Å². The van der Waals surface area contributed by atoms with E-state index in [-0.39, 0.29) is 29.6 Å². The minimum atomic E-state index is -0.258. The Morgan fingerprint density at radius 3 is 2.59 bits per heavy atom. The summed E-state index contributed by atoms with van der Waals surface area (Å²) in [6.07, 6.45) is 0.213. The highest BCUT2D eigenvalue weighted by Crippen LogP contribution is 2.42. The number of rotatable bonds is 3. The number of hydrogen-bond acceptors (Lipinski definition) is 4. The van der Waals surface area contributed by atoms with Crippen LogP contribution in [0.4, 0.5) is 0 Å². The molecule has 2 aromatic carbocycles. The average Bonchev–Trinajstić information content (AvgIpc) is 2.57. The molecule has 22 heavy (non-hydrogen) atoms. The van der Waals surface area contributed by atoms with Gasteiger partial charge in [-0.25, -0.2) is 0 Å². The van der Waals surface area contributed by atoms with Gasteiger partial charge in [0.15, 0.2) is 11.5 Å². The van der Waals surface area contributed by atoms with Crippen LogP contribution in [0.5, 0.6) is 11.5 Å². The summed E-state index contributed by atoms with van der Waals surface area (Å²) in [7, 11) is 0. The molecule has 4 N–H and O–H groups in total. The molecular formula is C18H21NO3. The molecule has 0 spiro atoms. The number of phenolic OH excluding ortho intramolecular Hbond substituents is 2. The van der Waals surface area contributed by atoms with Gasteiger partial charge in [-0.05, 0) is 17.2 Å². The highest BCUT2D eigenvalue weighted by Gasteiger charge is 2.33. The fourth-order valence-electron chi connectivity index (χ4n) is 3.14. The number of hydrogen-bond donors (Lipinski definition) is 3. The highest BCUT2D eigenvalue weighted by atomic mass is 16.5. The molecule has 0 radical (unpaired) electrons. The lowest BCUT2D eigenvalue weighted by Crippen LogP contribution is -2.33. The van der Waals surface area contributed by atoms with E-state index in [1.54, 1.807) is 6.07 Å². The molecule has 0 saturated heterocycles. The molecule has 1 aliphatic heterocycles. The molecule has 2 aromatic rings. The second kappa shape index (κ2) is 5.99. The third-order valence-electron chi connectivity index (χ3n) is 4.49. The van der Waals surface area contributed by atoms with E-state index in [0.717, 1.165) is 11.1 Å². The minimum Gasteiger partial charge on any atom is -0.504 e. The summed E-state index contributed by atoms with van der Waals surface area (Å²) < 4.78 is 6.16. The fourth-order valence-corrected chi connectivity index (χ4v) is 3.14.